The number of benzene rings is 2. The summed E-state index contributed by atoms with van der Waals surface area (Å²) in [6, 6.07) is 14.1. The van der Waals surface area contributed by atoms with E-state index in [1.54, 1.807) is 36.4 Å². The monoisotopic (exact) mass is 474 g/mol. The van der Waals surface area contributed by atoms with Gasteiger partial charge in [-0.3, -0.25) is 9.59 Å². The largest absolute Gasteiger partial charge is 0.488 e. The second-order valence-corrected chi connectivity index (χ2v) is 10.1. The zero-order chi connectivity index (χ0) is 22.3. The quantitative estimate of drug-likeness (QED) is 0.625. The third-order valence-electron chi connectivity index (χ3n) is 6.55. The first-order valence-corrected chi connectivity index (χ1v) is 11.5. The van der Waals surface area contributed by atoms with E-state index in [0.29, 0.717) is 28.8 Å². The summed E-state index contributed by atoms with van der Waals surface area (Å²) in [6.45, 7) is 1.30. The smallest absolute Gasteiger partial charge is 0.258 e. The van der Waals surface area contributed by atoms with E-state index in [9.17, 15) is 9.59 Å². The molecule has 3 saturated carbocycles. The zero-order valence-electron chi connectivity index (χ0n) is 17.5. The van der Waals surface area contributed by atoms with Crippen molar-refractivity contribution >= 4 is 35.0 Å². The summed E-state index contributed by atoms with van der Waals surface area (Å²) in [5.74, 6) is 1.34. The Hall–Kier alpha value is -2.44. The lowest BCUT2D eigenvalue weighted by Crippen LogP contribution is -2.77. The molecule has 0 radical (unpaired) electrons. The molecule has 4 aliphatic rings. The number of carbonyl (C=O) groups excluding carboxylic acids is 2. The first-order chi connectivity index (χ1) is 15.3. The van der Waals surface area contributed by atoms with Gasteiger partial charge in [0.2, 0.25) is 5.91 Å². The third kappa shape index (κ3) is 4.39. The van der Waals surface area contributed by atoms with Crippen LogP contribution >= 0.6 is 23.2 Å². The second kappa shape index (κ2) is 8.16. The molecule has 3 aliphatic carbocycles. The van der Waals surface area contributed by atoms with Crippen molar-refractivity contribution in [1.82, 2.24) is 10.2 Å². The van der Waals surface area contributed by atoms with Crippen molar-refractivity contribution in [2.75, 3.05) is 19.7 Å². The summed E-state index contributed by atoms with van der Waals surface area (Å²) in [5, 5.41) is 4.40. The van der Waals surface area contributed by atoms with Crippen LogP contribution in [0.3, 0.4) is 0 Å². The number of nitrogens with one attached hydrogen (secondary N) is 1. The average molecular weight is 475 g/mol. The van der Waals surface area contributed by atoms with Gasteiger partial charge in [-0.15, -0.1) is 0 Å². The van der Waals surface area contributed by atoms with Gasteiger partial charge in [0.05, 0.1) is 13.0 Å². The topological polar surface area (TPSA) is 67.9 Å². The number of likely N-dealkylation sites (tertiary alicyclic amines) is 1. The fourth-order valence-electron chi connectivity index (χ4n) is 5.39. The molecule has 0 spiro atoms. The first kappa shape index (κ1) is 21.4. The first-order valence-electron chi connectivity index (χ1n) is 10.7. The number of rotatable bonds is 8. The predicted octanol–water partition coefficient (Wildman–Crippen LogP) is 4.09. The summed E-state index contributed by atoms with van der Waals surface area (Å²) in [4.78, 5) is 26.7. The molecule has 2 aromatic carbocycles. The Bertz CT molecular complexity index is 1010. The van der Waals surface area contributed by atoms with Crippen LogP contribution in [-0.4, -0.2) is 48.1 Å². The van der Waals surface area contributed by atoms with E-state index in [1.807, 2.05) is 17.0 Å². The molecule has 4 fully saturated rings. The van der Waals surface area contributed by atoms with E-state index < -0.39 is 0 Å². The van der Waals surface area contributed by atoms with Crippen molar-refractivity contribution in [3.05, 3.63) is 58.6 Å². The fraction of sp³-hybridized carbons (Fsp3) is 0.417. The van der Waals surface area contributed by atoms with Gasteiger partial charge in [-0.2, -0.15) is 0 Å². The standard InChI is InChI=1S/C24H24Cl2N2O4/c25-16-1-5-18(6-2-16)31-11-21(29)27-24-12-23(13-24,14-24)15-28-10-20(9-22(28)30)32-19-7-3-17(26)4-8-19/h1-8,20H,9-15H2,(H,27,29). The van der Waals surface area contributed by atoms with Crippen LogP contribution in [0.4, 0.5) is 0 Å². The maximum absolute atomic E-state index is 12.5. The summed E-state index contributed by atoms with van der Waals surface area (Å²) in [5.41, 5.74) is -0.0163. The Morgan fingerprint density at radius 2 is 1.59 bits per heavy atom. The van der Waals surface area contributed by atoms with Gasteiger partial charge in [-0.25, -0.2) is 0 Å². The van der Waals surface area contributed by atoms with Crippen LogP contribution in [-0.2, 0) is 9.59 Å². The summed E-state index contributed by atoms with van der Waals surface area (Å²) in [6.07, 6.45) is 2.95. The van der Waals surface area contributed by atoms with Crippen LogP contribution in [0.25, 0.3) is 0 Å². The van der Waals surface area contributed by atoms with Crippen molar-refractivity contribution in [1.29, 1.82) is 0 Å². The highest BCUT2D eigenvalue weighted by molar-refractivity contribution is 6.30. The number of amides is 2. The number of nitrogens with zero attached hydrogens (tertiary/aromatic N) is 1. The maximum atomic E-state index is 12.5. The highest BCUT2D eigenvalue weighted by atomic mass is 35.5. The molecule has 2 aromatic rings. The number of halogens is 2. The van der Waals surface area contributed by atoms with Crippen molar-refractivity contribution in [3.8, 4) is 11.5 Å². The second-order valence-electron chi connectivity index (χ2n) is 9.27. The fourth-order valence-corrected chi connectivity index (χ4v) is 5.64. The molecule has 1 atom stereocenters. The van der Waals surface area contributed by atoms with Crippen LogP contribution < -0.4 is 14.8 Å². The van der Waals surface area contributed by atoms with Crippen LogP contribution in [0, 0.1) is 5.41 Å². The number of ether oxygens (including phenoxy) is 2. The Morgan fingerprint density at radius 1 is 1.00 bits per heavy atom. The molecular formula is C24H24Cl2N2O4. The molecular weight excluding hydrogens is 451 g/mol. The number of hydrogen-bond donors (Lipinski definition) is 1. The predicted molar refractivity (Wildman–Crippen MR) is 121 cm³/mol. The molecule has 1 saturated heterocycles. The Labute approximate surface area is 196 Å². The molecule has 1 heterocycles. The Balaban J connectivity index is 1.06. The molecule has 6 nitrogen and oxygen atoms in total. The molecule has 8 heteroatoms. The number of carbonyl (C=O) groups is 2. The highest BCUT2D eigenvalue weighted by Crippen LogP contribution is 2.67. The molecule has 2 amide bonds. The number of hydrogen-bond acceptors (Lipinski definition) is 4. The van der Waals surface area contributed by atoms with Crippen molar-refractivity contribution in [3.63, 3.8) is 0 Å². The minimum Gasteiger partial charge on any atom is -0.488 e. The lowest BCUT2D eigenvalue weighted by atomic mass is 9.39. The Morgan fingerprint density at radius 3 is 2.22 bits per heavy atom. The molecule has 0 aromatic heterocycles. The van der Waals surface area contributed by atoms with Gasteiger partial charge in [0.1, 0.15) is 17.6 Å². The van der Waals surface area contributed by atoms with Gasteiger partial charge in [0, 0.05) is 22.1 Å². The van der Waals surface area contributed by atoms with Crippen LogP contribution in [0.15, 0.2) is 48.5 Å². The average Bonchev–Trinajstić information content (AvgIpc) is 3.05. The van der Waals surface area contributed by atoms with Crippen LogP contribution in [0.1, 0.15) is 25.7 Å². The summed E-state index contributed by atoms with van der Waals surface area (Å²) >= 11 is 11.8. The van der Waals surface area contributed by atoms with Gasteiger partial charge < -0.3 is 19.7 Å². The normalized spacial score (nSPS) is 28.0. The maximum Gasteiger partial charge on any atom is 0.258 e. The van der Waals surface area contributed by atoms with Gasteiger partial charge in [0.25, 0.3) is 5.91 Å². The van der Waals surface area contributed by atoms with Crippen molar-refractivity contribution in [2.24, 2.45) is 5.41 Å². The van der Waals surface area contributed by atoms with Crippen molar-refractivity contribution < 1.29 is 19.1 Å². The van der Waals surface area contributed by atoms with Crippen LogP contribution in [0.2, 0.25) is 10.0 Å². The minimum absolute atomic E-state index is 0.0231. The van der Waals surface area contributed by atoms with E-state index in [0.717, 1.165) is 31.6 Å². The molecule has 6 rings (SSSR count). The van der Waals surface area contributed by atoms with E-state index >= 15 is 0 Å². The van der Waals surface area contributed by atoms with E-state index in [4.69, 9.17) is 32.7 Å². The molecule has 1 N–H and O–H groups in total. The Kier molecular flexibility index (Phi) is 5.46. The molecule has 2 bridgehead atoms. The van der Waals surface area contributed by atoms with Gasteiger partial charge in [-0.1, -0.05) is 23.2 Å². The van der Waals surface area contributed by atoms with Gasteiger partial charge >= 0.3 is 0 Å². The van der Waals surface area contributed by atoms with E-state index in [1.165, 1.54) is 0 Å². The molecule has 1 unspecified atom stereocenters. The highest BCUT2D eigenvalue weighted by Gasteiger charge is 2.69. The van der Waals surface area contributed by atoms with E-state index in [-0.39, 0.29) is 35.5 Å². The molecule has 32 heavy (non-hydrogen) atoms. The molecule has 168 valence electrons. The lowest BCUT2D eigenvalue weighted by molar-refractivity contribution is -0.177. The third-order valence-corrected chi connectivity index (χ3v) is 7.05. The summed E-state index contributed by atoms with van der Waals surface area (Å²) in [7, 11) is 0. The minimum atomic E-state index is -0.144. The van der Waals surface area contributed by atoms with Gasteiger partial charge in [0.15, 0.2) is 6.61 Å². The molecule has 1 aliphatic heterocycles. The zero-order valence-corrected chi connectivity index (χ0v) is 19.0. The SMILES string of the molecule is O=C(COc1ccc(Cl)cc1)NC12CC(CN3CC(Oc4ccc(Cl)cc4)CC3=O)(C1)C2. The van der Waals surface area contributed by atoms with Gasteiger partial charge in [-0.05, 0) is 73.2 Å². The summed E-state index contributed by atoms with van der Waals surface area (Å²) < 4.78 is 11.5. The van der Waals surface area contributed by atoms with Crippen molar-refractivity contribution in [2.45, 2.75) is 37.3 Å². The van der Waals surface area contributed by atoms with Crippen LogP contribution in [0.5, 0.6) is 11.5 Å². The lowest BCUT2D eigenvalue weighted by Gasteiger charge is -2.71. The van der Waals surface area contributed by atoms with E-state index in [2.05, 4.69) is 5.32 Å².